The summed E-state index contributed by atoms with van der Waals surface area (Å²) in [6, 6.07) is 25.0. The van der Waals surface area contributed by atoms with Gasteiger partial charge in [-0.25, -0.2) is 9.59 Å². The van der Waals surface area contributed by atoms with Crippen LogP contribution in [0, 0.1) is 0 Å². The predicted octanol–water partition coefficient (Wildman–Crippen LogP) is 5.43. The highest BCUT2D eigenvalue weighted by Crippen LogP contribution is 2.23. The minimum absolute atomic E-state index is 0.0346. The Hall–Kier alpha value is -4.63. The van der Waals surface area contributed by atoms with E-state index in [0.29, 0.717) is 5.70 Å². The van der Waals surface area contributed by atoms with Crippen LogP contribution in [0.25, 0.3) is 0 Å². The Morgan fingerprint density at radius 2 is 1.35 bits per heavy atom. The molecular formula is C31H31NO8. The lowest BCUT2D eigenvalue weighted by molar-refractivity contribution is -0.117. The number of benzene rings is 3. The molecule has 1 atom stereocenters. The topological polar surface area (TPSA) is 101 Å². The number of nitrogens with zero attached hydrogens (tertiary/aromatic N) is 1. The first-order valence-electron chi connectivity index (χ1n) is 12.8. The van der Waals surface area contributed by atoms with Crippen LogP contribution in [0.15, 0.2) is 96.7 Å². The molecule has 9 heteroatoms. The molecule has 0 radical (unpaired) electrons. The number of hydrogen-bond acceptors (Lipinski definition) is 8. The second kappa shape index (κ2) is 14.5. The summed E-state index contributed by atoms with van der Waals surface area (Å²) < 4.78 is 27.0. The number of ketones is 1. The third-order valence-corrected chi connectivity index (χ3v) is 6.11. The van der Waals surface area contributed by atoms with Crippen molar-refractivity contribution in [1.29, 1.82) is 0 Å². The standard InChI is InChI=1S/C31H31NO8/c1-36-29-14-12-25(13-15-29)18-37-21-26-16-28(33)17-27(22-40-31(35)39-20-24-10-6-3-7-11-24)32(26)30(34)38-19-23-8-4-2-5-9-23/h2-16,27H,17-22H2,1H3/t27-/m1/s1. The maximum Gasteiger partial charge on any atom is 0.508 e. The number of hydrogen-bond donors (Lipinski definition) is 0. The highest BCUT2D eigenvalue weighted by atomic mass is 16.7. The van der Waals surface area contributed by atoms with Gasteiger partial charge in [0.2, 0.25) is 0 Å². The lowest BCUT2D eigenvalue weighted by Gasteiger charge is -2.34. The van der Waals surface area contributed by atoms with E-state index in [1.165, 1.54) is 11.0 Å². The molecule has 0 unspecified atom stereocenters. The number of allylic oxidation sites excluding steroid dienone is 1. The van der Waals surface area contributed by atoms with Crippen molar-refractivity contribution in [2.45, 2.75) is 32.3 Å². The smallest absolute Gasteiger partial charge is 0.497 e. The number of amides is 1. The Morgan fingerprint density at radius 1 is 0.750 bits per heavy atom. The Balaban J connectivity index is 1.40. The van der Waals surface area contributed by atoms with E-state index in [9.17, 15) is 14.4 Å². The summed E-state index contributed by atoms with van der Waals surface area (Å²) in [5.41, 5.74) is 2.82. The number of carbonyl (C=O) groups is 3. The van der Waals surface area contributed by atoms with Crippen molar-refractivity contribution in [1.82, 2.24) is 4.90 Å². The van der Waals surface area contributed by atoms with Gasteiger partial charge in [-0.05, 0) is 28.8 Å². The van der Waals surface area contributed by atoms with Crippen LogP contribution in [0.2, 0.25) is 0 Å². The van der Waals surface area contributed by atoms with Gasteiger partial charge in [-0.15, -0.1) is 0 Å². The van der Waals surface area contributed by atoms with Crippen molar-refractivity contribution in [2.75, 3.05) is 20.3 Å². The van der Waals surface area contributed by atoms with Crippen molar-refractivity contribution < 1.29 is 38.1 Å². The fourth-order valence-electron chi connectivity index (χ4n) is 4.09. The molecule has 3 aromatic carbocycles. The predicted molar refractivity (Wildman–Crippen MR) is 145 cm³/mol. The maximum atomic E-state index is 13.3. The van der Waals surface area contributed by atoms with Crippen molar-refractivity contribution in [3.05, 3.63) is 113 Å². The van der Waals surface area contributed by atoms with Crippen LogP contribution in [-0.4, -0.2) is 49.3 Å². The van der Waals surface area contributed by atoms with Gasteiger partial charge in [0, 0.05) is 12.5 Å². The molecule has 1 amide bonds. The van der Waals surface area contributed by atoms with E-state index in [-0.39, 0.29) is 45.2 Å². The summed E-state index contributed by atoms with van der Waals surface area (Å²) in [7, 11) is 1.59. The normalized spacial score (nSPS) is 14.7. The summed E-state index contributed by atoms with van der Waals surface area (Å²) in [5.74, 6) is 0.503. The number of carbonyl (C=O) groups excluding carboxylic acids is 3. The Bertz CT molecular complexity index is 1290. The Labute approximate surface area is 232 Å². The second-order valence-electron chi connectivity index (χ2n) is 9.05. The monoisotopic (exact) mass is 545 g/mol. The van der Waals surface area contributed by atoms with E-state index in [4.69, 9.17) is 23.7 Å². The quantitative estimate of drug-likeness (QED) is 0.294. The van der Waals surface area contributed by atoms with Gasteiger partial charge in [0.25, 0.3) is 0 Å². The molecule has 0 saturated heterocycles. The molecule has 0 bridgehead atoms. The first-order chi connectivity index (χ1) is 19.5. The molecule has 0 fully saturated rings. The zero-order valence-corrected chi connectivity index (χ0v) is 22.2. The van der Waals surface area contributed by atoms with Crippen LogP contribution in [0.4, 0.5) is 9.59 Å². The van der Waals surface area contributed by atoms with E-state index in [0.717, 1.165) is 22.4 Å². The molecular weight excluding hydrogens is 514 g/mol. The summed E-state index contributed by atoms with van der Waals surface area (Å²) in [6.45, 7) is 0.0332. The summed E-state index contributed by atoms with van der Waals surface area (Å²) in [5, 5.41) is 0. The van der Waals surface area contributed by atoms with Crippen LogP contribution in [0.3, 0.4) is 0 Å². The van der Waals surface area contributed by atoms with Gasteiger partial charge >= 0.3 is 12.2 Å². The summed E-state index contributed by atoms with van der Waals surface area (Å²) in [4.78, 5) is 39.5. The molecule has 0 spiro atoms. The van der Waals surface area contributed by atoms with Gasteiger partial charge < -0.3 is 23.7 Å². The molecule has 1 heterocycles. The second-order valence-corrected chi connectivity index (χ2v) is 9.05. The minimum Gasteiger partial charge on any atom is -0.497 e. The molecule has 0 N–H and O–H groups in total. The van der Waals surface area contributed by atoms with Crippen molar-refractivity contribution in [2.24, 2.45) is 0 Å². The largest absolute Gasteiger partial charge is 0.508 e. The average Bonchev–Trinajstić information content (AvgIpc) is 2.99. The molecule has 0 saturated carbocycles. The number of rotatable bonds is 11. The highest BCUT2D eigenvalue weighted by Gasteiger charge is 2.35. The van der Waals surface area contributed by atoms with Gasteiger partial charge in [-0.2, -0.15) is 0 Å². The van der Waals surface area contributed by atoms with Gasteiger partial charge in [0.15, 0.2) is 5.78 Å². The van der Waals surface area contributed by atoms with Crippen LogP contribution < -0.4 is 4.74 Å². The molecule has 4 rings (SSSR count). The third kappa shape index (κ3) is 8.44. The molecule has 9 nitrogen and oxygen atoms in total. The van der Waals surface area contributed by atoms with Crippen molar-refractivity contribution in [3.8, 4) is 5.75 Å². The van der Waals surface area contributed by atoms with Gasteiger partial charge in [-0.3, -0.25) is 9.69 Å². The van der Waals surface area contributed by atoms with E-state index < -0.39 is 18.3 Å². The number of methoxy groups -OCH3 is 1. The molecule has 40 heavy (non-hydrogen) atoms. The average molecular weight is 546 g/mol. The Morgan fingerprint density at radius 3 is 1.98 bits per heavy atom. The van der Waals surface area contributed by atoms with Gasteiger partial charge in [0.05, 0.1) is 32.1 Å². The summed E-state index contributed by atoms with van der Waals surface area (Å²) >= 11 is 0. The summed E-state index contributed by atoms with van der Waals surface area (Å²) in [6.07, 6.45) is -0.265. The zero-order chi connectivity index (χ0) is 28.2. The van der Waals surface area contributed by atoms with Crippen molar-refractivity contribution in [3.63, 3.8) is 0 Å². The van der Waals surface area contributed by atoms with E-state index in [1.807, 2.05) is 84.9 Å². The maximum absolute atomic E-state index is 13.3. The zero-order valence-electron chi connectivity index (χ0n) is 22.2. The van der Waals surface area contributed by atoms with Gasteiger partial charge in [-0.1, -0.05) is 72.8 Å². The van der Waals surface area contributed by atoms with E-state index in [2.05, 4.69) is 0 Å². The lowest BCUT2D eigenvalue weighted by atomic mass is 10.0. The lowest BCUT2D eigenvalue weighted by Crippen LogP contribution is -2.47. The molecule has 208 valence electrons. The van der Waals surface area contributed by atoms with E-state index in [1.54, 1.807) is 7.11 Å². The molecule has 1 aliphatic heterocycles. The van der Waals surface area contributed by atoms with E-state index >= 15 is 0 Å². The Kier molecular flexibility index (Phi) is 10.3. The minimum atomic E-state index is -0.902. The third-order valence-electron chi connectivity index (χ3n) is 6.11. The van der Waals surface area contributed by atoms with Crippen LogP contribution in [0.5, 0.6) is 5.75 Å². The molecule has 3 aromatic rings. The fraction of sp³-hybridized carbons (Fsp3) is 0.258. The fourth-order valence-corrected chi connectivity index (χ4v) is 4.09. The first-order valence-corrected chi connectivity index (χ1v) is 12.8. The van der Waals surface area contributed by atoms with Gasteiger partial charge in [0.1, 0.15) is 25.6 Å². The first kappa shape index (κ1) is 28.4. The van der Waals surface area contributed by atoms with Crippen LogP contribution in [-0.2, 0) is 43.6 Å². The number of ether oxygens (including phenoxy) is 5. The molecule has 0 aromatic heterocycles. The highest BCUT2D eigenvalue weighted by molar-refractivity contribution is 5.93. The molecule has 0 aliphatic carbocycles. The SMILES string of the molecule is COc1ccc(COCC2=CC(=O)C[C@H](COC(=O)OCc3ccccc3)N2C(=O)OCc2ccccc2)cc1. The van der Waals surface area contributed by atoms with Crippen LogP contribution >= 0.6 is 0 Å². The molecule has 1 aliphatic rings. The van der Waals surface area contributed by atoms with Crippen LogP contribution in [0.1, 0.15) is 23.1 Å². The van der Waals surface area contributed by atoms with Crippen molar-refractivity contribution >= 4 is 18.0 Å².